The molecule has 1 N–H and O–H groups in total. The third-order valence-electron chi connectivity index (χ3n) is 4.93. The molecule has 0 unspecified atom stereocenters. The number of benzene rings is 3. The fraction of sp³-hybridized carbons (Fsp3) is 0.280. The summed E-state index contributed by atoms with van der Waals surface area (Å²) < 4.78 is 11.5. The van der Waals surface area contributed by atoms with Gasteiger partial charge >= 0.3 is 0 Å². The van der Waals surface area contributed by atoms with Crippen LogP contribution in [-0.2, 0) is 19.6 Å². The van der Waals surface area contributed by atoms with E-state index in [4.69, 9.17) is 21.1 Å². The molecule has 4 heteroatoms. The molecular weight excluding hydrogens is 382 g/mol. The lowest BCUT2D eigenvalue weighted by molar-refractivity contribution is 0.284. The van der Waals surface area contributed by atoms with Crippen LogP contribution in [0, 0.1) is 0 Å². The fourth-order valence-electron chi connectivity index (χ4n) is 3.13. The molecule has 0 saturated heterocycles. The summed E-state index contributed by atoms with van der Waals surface area (Å²) in [5, 5.41) is 4.30. The van der Waals surface area contributed by atoms with E-state index in [1.165, 1.54) is 11.1 Å². The Kier molecular flexibility index (Phi) is 7.97. The second-order valence-electron chi connectivity index (χ2n) is 7.17. The van der Waals surface area contributed by atoms with Crippen molar-refractivity contribution in [2.24, 2.45) is 0 Å². The molecule has 3 nitrogen and oxygen atoms in total. The summed E-state index contributed by atoms with van der Waals surface area (Å²) in [5.74, 6) is 1.45. The number of hydrogen-bond donors (Lipinski definition) is 1. The van der Waals surface area contributed by atoms with E-state index in [0.29, 0.717) is 23.4 Å². The molecule has 3 aromatic carbocycles. The summed E-state index contributed by atoms with van der Waals surface area (Å²) in [6.07, 6.45) is 2.17. The Balaban J connectivity index is 1.52. The van der Waals surface area contributed by atoms with Crippen LogP contribution in [0.15, 0.2) is 72.8 Å². The van der Waals surface area contributed by atoms with E-state index in [2.05, 4.69) is 48.6 Å². The van der Waals surface area contributed by atoms with Gasteiger partial charge in [-0.25, -0.2) is 0 Å². The number of halogens is 1. The van der Waals surface area contributed by atoms with E-state index in [0.717, 1.165) is 30.7 Å². The molecule has 0 fully saturated rings. The largest absolute Gasteiger partial charge is 0.493 e. The van der Waals surface area contributed by atoms with Crippen LogP contribution < -0.4 is 14.8 Å². The Morgan fingerprint density at radius 2 is 1.66 bits per heavy atom. The topological polar surface area (TPSA) is 30.5 Å². The molecule has 0 amide bonds. The van der Waals surface area contributed by atoms with Crippen LogP contribution >= 0.6 is 11.6 Å². The lowest BCUT2D eigenvalue weighted by Gasteiger charge is -2.16. The van der Waals surface area contributed by atoms with E-state index < -0.39 is 0 Å². The lowest BCUT2D eigenvalue weighted by Crippen LogP contribution is -2.26. The first-order valence-electron chi connectivity index (χ1n) is 9.96. The normalized spacial score (nSPS) is 11.8. The summed E-state index contributed by atoms with van der Waals surface area (Å²) in [6, 6.07) is 24.8. The van der Waals surface area contributed by atoms with Crippen LogP contribution in [-0.4, -0.2) is 13.2 Å². The Bertz CT molecular complexity index is 898. The molecule has 0 aliphatic heterocycles. The van der Waals surface area contributed by atoms with Gasteiger partial charge in [0, 0.05) is 23.2 Å². The van der Waals surface area contributed by atoms with Gasteiger partial charge in [-0.1, -0.05) is 66.2 Å². The van der Waals surface area contributed by atoms with Gasteiger partial charge in [-0.05, 0) is 49.1 Å². The second-order valence-corrected chi connectivity index (χ2v) is 7.58. The van der Waals surface area contributed by atoms with Gasteiger partial charge in [0.05, 0.1) is 7.11 Å². The van der Waals surface area contributed by atoms with Crippen molar-refractivity contribution in [2.75, 3.05) is 7.11 Å². The Morgan fingerprint density at radius 1 is 0.897 bits per heavy atom. The summed E-state index contributed by atoms with van der Waals surface area (Å²) >= 11 is 6.21. The summed E-state index contributed by atoms with van der Waals surface area (Å²) in [7, 11) is 1.66. The highest BCUT2D eigenvalue weighted by Gasteiger charge is 2.09. The minimum Gasteiger partial charge on any atom is -0.493 e. The maximum atomic E-state index is 6.21. The van der Waals surface area contributed by atoms with Gasteiger partial charge in [0.25, 0.3) is 0 Å². The molecular formula is C25H28ClNO2. The molecule has 0 radical (unpaired) electrons. The maximum Gasteiger partial charge on any atom is 0.161 e. The summed E-state index contributed by atoms with van der Waals surface area (Å²) in [6.45, 7) is 3.42. The quantitative estimate of drug-likeness (QED) is 0.443. The van der Waals surface area contributed by atoms with Crippen LogP contribution in [0.25, 0.3) is 0 Å². The second kappa shape index (κ2) is 10.9. The van der Waals surface area contributed by atoms with Gasteiger partial charge in [-0.2, -0.15) is 0 Å². The zero-order chi connectivity index (χ0) is 20.5. The van der Waals surface area contributed by atoms with E-state index in [1.807, 2.05) is 36.4 Å². The van der Waals surface area contributed by atoms with Gasteiger partial charge in [0.15, 0.2) is 11.5 Å². The maximum absolute atomic E-state index is 6.21. The van der Waals surface area contributed by atoms with Crippen molar-refractivity contribution in [2.45, 2.75) is 39.0 Å². The Hall–Kier alpha value is -2.49. The average Bonchev–Trinajstić information content (AvgIpc) is 2.76. The zero-order valence-corrected chi connectivity index (χ0v) is 17.8. The highest BCUT2D eigenvalue weighted by Crippen LogP contribution is 2.29. The first kappa shape index (κ1) is 21.2. The number of nitrogens with one attached hydrogen (secondary N) is 1. The number of ether oxygens (including phenoxy) is 2. The number of rotatable bonds is 10. The van der Waals surface area contributed by atoms with Crippen LogP contribution in [0.5, 0.6) is 11.5 Å². The van der Waals surface area contributed by atoms with Crippen LogP contribution in [0.1, 0.15) is 30.0 Å². The molecule has 0 saturated carbocycles. The molecule has 0 aliphatic carbocycles. The minimum atomic E-state index is 0.407. The van der Waals surface area contributed by atoms with Crippen LogP contribution in [0.4, 0.5) is 0 Å². The third kappa shape index (κ3) is 6.52. The first-order valence-corrected chi connectivity index (χ1v) is 10.3. The predicted octanol–water partition coefficient (Wildman–Crippen LogP) is 6.04. The molecule has 0 spiro atoms. The Labute approximate surface area is 178 Å². The Morgan fingerprint density at radius 3 is 2.41 bits per heavy atom. The standard InChI is InChI=1S/C25H28ClNO2/c1-19(12-13-20-8-4-3-5-9-20)27-17-21-14-15-24(25(16-21)28-2)29-18-22-10-6-7-11-23(22)26/h3-11,14-16,19,27H,12-13,17-18H2,1-2H3/t19-/m1/s1. The SMILES string of the molecule is COc1cc(CN[C@H](C)CCc2ccccc2)ccc1OCc1ccccc1Cl. The zero-order valence-electron chi connectivity index (χ0n) is 17.0. The van der Waals surface area contributed by atoms with Crippen molar-refractivity contribution in [1.29, 1.82) is 0 Å². The van der Waals surface area contributed by atoms with Gasteiger partial charge in [-0.3, -0.25) is 0 Å². The van der Waals surface area contributed by atoms with Gasteiger partial charge in [0.1, 0.15) is 6.61 Å². The van der Waals surface area contributed by atoms with Gasteiger partial charge in [-0.15, -0.1) is 0 Å². The van der Waals surface area contributed by atoms with Crippen molar-refractivity contribution < 1.29 is 9.47 Å². The van der Waals surface area contributed by atoms with Gasteiger partial charge in [0.2, 0.25) is 0 Å². The minimum absolute atomic E-state index is 0.407. The molecule has 1 atom stereocenters. The fourth-order valence-corrected chi connectivity index (χ4v) is 3.32. The van der Waals surface area contributed by atoms with E-state index >= 15 is 0 Å². The first-order chi connectivity index (χ1) is 14.2. The number of aryl methyl sites for hydroxylation is 1. The monoisotopic (exact) mass is 409 g/mol. The van der Waals surface area contributed by atoms with E-state index in [-0.39, 0.29) is 0 Å². The lowest BCUT2D eigenvalue weighted by atomic mass is 10.1. The molecule has 29 heavy (non-hydrogen) atoms. The van der Waals surface area contributed by atoms with Crippen molar-refractivity contribution in [3.8, 4) is 11.5 Å². The van der Waals surface area contributed by atoms with Crippen molar-refractivity contribution in [3.05, 3.63) is 94.5 Å². The average molecular weight is 410 g/mol. The third-order valence-corrected chi connectivity index (χ3v) is 5.30. The van der Waals surface area contributed by atoms with Crippen LogP contribution in [0.3, 0.4) is 0 Å². The molecule has 0 bridgehead atoms. The molecule has 3 aromatic rings. The molecule has 152 valence electrons. The smallest absolute Gasteiger partial charge is 0.161 e. The van der Waals surface area contributed by atoms with Crippen molar-refractivity contribution >= 4 is 11.6 Å². The van der Waals surface area contributed by atoms with Crippen LogP contribution in [0.2, 0.25) is 5.02 Å². The highest BCUT2D eigenvalue weighted by atomic mass is 35.5. The molecule has 0 heterocycles. The predicted molar refractivity (Wildman–Crippen MR) is 120 cm³/mol. The number of methoxy groups -OCH3 is 1. The van der Waals surface area contributed by atoms with E-state index in [1.54, 1.807) is 7.11 Å². The van der Waals surface area contributed by atoms with E-state index in [9.17, 15) is 0 Å². The molecule has 3 rings (SSSR count). The molecule has 0 aromatic heterocycles. The number of hydrogen-bond acceptors (Lipinski definition) is 3. The summed E-state index contributed by atoms with van der Waals surface area (Å²) in [4.78, 5) is 0. The molecule has 0 aliphatic rings. The summed E-state index contributed by atoms with van der Waals surface area (Å²) in [5.41, 5.74) is 3.50. The van der Waals surface area contributed by atoms with Gasteiger partial charge < -0.3 is 14.8 Å². The van der Waals surface area contributed by atoms with Crippen molar-refractivity contribution in [1.82, 2.24) is 5.32 Å². The highest BCUT2D eigenvalue weighted by molar-refractivity contribution is 6.31. The van der Waals surface area contributed by atoms with Crippen molar-refractivity contribution in [3.63, 3.8) is 0 Å².